The van der Waals surface area contributed by atoms with Crippen molar-refractivity contribution >= 4 is 60.8 Å². The van der Waals surface area contributed by atoms with E-state index < -0.39 is 17.9 Å². The van der Waals surface area contributed by atoms with Crippen LogP contribution < -0.4 is 0 Å². The molecular formula is C19H38BaO4. The van der Waals surface area contributed by atoms with Crippen LogP contribution in [0.2, 0.25) is 0 Å². The van der Waals surface area contributed by atoms with Gasteiger partial charge in [0.25, 0.3) is 0 Å². The van der Waals surface area contributed by atoms with E-state index in [-0.39, 0.29) is 60.7 Å². The summed E-state index contributed by atoms with van der Waals surface area (Å²) in [5.74, 6) is -3.65. The summed E-state index contributed by atoms with van der Waals surface area (Å²) in [6.07, 6.45) is 11.4. The van der Waals surface area contributed by atoms with Crippen molar-refractivity contribution in [2.75, 3.05) is 0 Å². The molecule has 5 heteroatoms. The van der Waals surface area contributed by atoms with Gasteiger partial charge in [-0.2, -0.15) is 0 Å². The molecule has 0 aliphatic carbocycles. The van der Waals surface area contributed by atoms with Crippen LogP contribution in [0.5, 0.6) is 0 Å². The van der Waals surface area contributed by atoms with Crippen LogP contribution in [0.3, 0.4) is 0 Å². The van der Waals surface area contributed by atoms with Gasteiger partial charge in [0.1, 0.15) is 0 Å². The molecule has 0 amide bonds. The van der Waals surface area contributed by atoms with Gasteiger partial charge in [-0.15, -0.1) is 0 Å². The Kier molecular flexibility index (Phi) is 18.9. The topological polar surface area (TPSA) is 74.6 Å². The number of carbonyl (C=O) groups is 2. The van der Waals surface area contributed by atoms with E-state index in [4.69, 9.17) is 0 Å². The van der Waals surface area contributed by atoms with Gasteiger partial charge in [-0.05, 0) is 18.3 Å². The van der Waals surface area contributed by atoms with Crippen molar-refractivity contribution in [3.8, 4) is 0 Å². The van der Waals surface area contributed by atoms with Crippen molar-refractivity contribution in [1.29, 1.82) is 0 Å². The molecule has 4 nitrogen and oxygen atoms in total. The first-order valence-electron chi connectivity index (χ1n) is 9.45. The van der Waals surface area contributed by atoms with E-state index in [0.29, 0.717) is 0 Å². The standard InChI is InChI=1S/C19H36O4.Ba.2H/c1-4-7-9-10-12-14-16(17(18(20)21)19(22)23)15(6-3)13-11-8-5-2;;;/h15-17H,4-14H2,1-3H3,(H,20,21)(H,22,23);;;. The molecule has 0 saturated carbocycles. The molecule has 0 saturated heterocycles. The van der Waals surface area contributed by atoms with E-state index in [0.717, 1.165) is 57.8 Å². The van der Waals surface area contributed by atoms with Crippen LogP contribution in [0.1, 0.15) is 91.4 Å². The van der Waals surface area contributed by atoms with Crippen LogP contribution in [-0.2, 0) is 9.59 Å². The first-order chi connectivity index (χ1) is 11.0. The van der Waals surface area contributed by atoms with Crippen molar-refractivity contribution in [1.82, 2.24) is 0 Å². The summed E-state index contributed by atoms with van der Waals surface area (Å²) in [5.41, 5.74) is 0. The maximum absolute atomic E-state index is 11.5. The Balaban J connectivity index is 0. The van der Waals surface area contributed by atoms with Gasteiger partial charge < -0.3 is 10.2 Å². The number of unbranched alkanes of at least 4 members (excludes halogenated alkanes) is 6. The van der Waals surface area contributed by atoms with Gasteiger partial charge in [-0.1, -0.05) is 85.0 Å². The minimum atomic E-state index is -1.26. The third-order valence-electron chi connectivity index (χ3n) is 4.91. The molecule has 0 spiro atoms. The first-order valence-corrected chi connectivity index (χ1v) is 9.45. The Labute approximate surface area is 188 Å². The fraction of sp³-hybridized carbons (Fsp3) is 0.895. The predicted octanol–water partition coefficient (Wildman–Crippen LogP) is 4.44. The molecule has 2 unspecified atom stereocenters. The zero-order chi connectivity index (χ0) is 17.7. The summed E-state index contributed by atoms with van der Waals surface area (Å²) in [4.78, 5) is 23.0. The fourth-order valence-corrected chi connectivity index (χ4v) is 3.51. The molecule has 0 aliphatic heterocycles. The normalized spacial score (nSPS) is 13.3. The average molecular weight is 468 g/mol. The molecule has 0 aromatic rings. The molecule has 2 atom stereocenters. The van der Waals surface area contributed by atoms with Gasteiger partial charge in [0, 0.05) is 0 Å². The Morgan fingerprint density at radius 3 is 1.67 bits per heavy atom. The summed E-state index contributed by atoms with van der Waals surface area (Å²) >= 11 is 0. The monoisotopic (exact) mass is 468 g/mol. The zero-order valence-electron chi connectivity index (χ0n) is 15.2. The van der Waals surface area contributed by atoms with Crippen LogP contribution >= 0.6 is 0 Å². The number of rotatable bonds is 15. The molecule has 0 aromatic heterocycles. The summed E-state index contributed by atoms with van der Waals surface area (Å²) in [5, 5.41) is 18.8. The number of aliphatic carboxylic acids is 2. The van der Waals surface area contributed by atoms with Crippen LogP contribution in [0.15, 0.2) is 0 Å². The van der Waals surface area contributed by atoms with E-state index >= 15 is 0 Å². The molecule has 0 rings (SSSR count). The third-order valence-corrected chi connectivity index (χ3v) is 4.91. The Bertz CT molecular complexity index is 319. The van der Waals surface area contributed by atoms with Crippen molar-refractivity contribution in [2.24, 2.45) is 17.8 Å². The van der Waals surface area contributed by atoms with E-state index in [1.807, 2.05) is 0 Å². The van der Waals surface area contributed by atoms with Crippen LogP contribution in [0, 0.1) is 17.8 Å². The summed E-state index contributed by atoms with van der Waals surface area (Å²) < 4.78 is 0. The number of hydrogen-bond donors (Lipinski definition) is 2. The minimum absolute atomic E-state index is 0. The van der Waals surface area contributed by atoms with Gasteiger partial charge in [0.2, 0.25) is 0 Å². The number of carboxylic acids is 2. The summed E-state index contributed by atoms with van der Waals surface area (Å²) in [6, 6.07) is 0. The molecule has 2 N–H and O–H groups in total. The molecule has 0 radical (unpaired) electrons. The van der Waals surface area contributed by atoms with Gasteiger partial charge in [-0.25, -0.2) is 0 Å². The van der Waals surface area contributed by atoms with Gasteiger partial charge in [0.05, 0.1) is 0 Å². The second-order valence-electron chi connectivity index (χ2n) is 6.68. The Morgan fingerprint density at radius 2 is 1.21 bits per heavy atom. The van der Waals surface area contributed by atoms with Crippen LogP contribution in [0.4, 0.5) is 0 Å². The Hall–Kier alpha value is 0.511. The summed E-state index contributed by atoms with van der Waals surface area (Å²) in [7, 11) is 0. The van der Waals surface area contributed by atoms with Crippen molar-refractivity contribution in [2.45, 2.75) is 91.4 Å². The predicted molar refractivity (Wildman–Crippen MR) is 102 cm³/mol. The fourth-order valence-electron chi connectivity index (χ4n) is 3.51. The maximum atomic E-state index is 11.5. The summed E-state index contributed by atoms with van der Waals surface area (Å²) in [6.45, 7) is 6.36. The molecule has 0 bridgehead atoms. The van der Waals surface area contributed by atoms with E-state index in [1.165, 1.54) is 12.8 Å². The van der Waals surface area contributed by atoms with Crippen LogP contribution in [0.25, 0.3) is 0 Å². The first kappa shape index (κ1) is 26.7. The second kappa shape index (κ2) is 17.0. The Morgan fingerprint density at radius 1 is 0.750 bits per heavy atom. The number of hydrogen-bond acceptors (Lipinski definition) is 2. The average Bonchev–Trinajstić information content (AvgIpc) is 2.49. The quantitative estimate of drug-likeness (QED) is 0.212. The third kappa shape index (κ3) is 11.2. The molecular weight excluding hydrogens is 430 g/mol. The van der Waals surface area contributed by atoms with Gasteiger partial charge >= 0.3 is 60.8 Å². The molecule has 0 fully saturated rings. The SMILES string of the molecule is CCCCCCCC(C(CC)CCCCC)C(C(=O)O)C(=O)O.[BaH2]. The zero-order valence-corrected chi connectivity index (χ0v) is 15.2. The van der Waals surface area contributed by atoms with Crippen molar-refractivity contribution in [3.05, 3.63) is 0 Å². The van der Waals surface area contributed by atoms with Crippen LogP contribution in [-0.4, -0.2) is 71.0 Å². The second-order valence-corrected chi connectivity index (χ2v) is 6.68. The number of carboxylic acid groups (broad SMARTS) is 2. The molecule has 0 heterocycles. The van der Waals surface area contributed by atoms with Gasteiger partial charge in [-0.3, -0.25) is 9.59 Å². The van der Waals surface area contributed by atoms with Crippen molar-refractivity contribution in [3.63, 3.8) is 0 Å². The van der Waals surface area contributed by atoms with Crippen molar-refractivity contribution < 1.29 is 19.8 Å². The van der Waals surface area contributed by atoms with E-state index in [1.54, 1.807) is 0 Å². The van der Waals surface area contributed by atoms with E-state index in [2.05, 4.69) is 20.8 Å². The van der Waals surface area contributed by atoms with E-state index in [9.17, 15) is 19.8 Å². The van der Waals surface area contributed by atoms with Gasteiger partial charge in [0.15, 0.2) is 5.92 Å². The molecule has 0 aromatic carbocycles. The molecule has 140 valence electrons. The molecule has 0 aliphatic rings. The molecule has 24 heavy (non-hydrogen) atoms.